The molecule has 12 heteroatoms. The van der Waals surface area contributed by atoms with Crippen molar-refractivity contribution in [3.05, 3.63) is 100 Å². The van der Waals surface area contributed by atoms with Crippen molar-refractivity contribution in [3.8, 4) is 16.9 Å². The molecule has 0 spiro atoms. The summed E-state index contributed by atoms with van der Waals surface area (Å²) in [5, 5.41) is 14.3. The van der Waals surface area contributed by atoms with E-state index in [1.807, 2.05) is 74.5 Å². The number of fused-ring (bicyclic) bond motifs is 2. The summed E-state index contributed by atoms with van der Waals surface area (Å²) in [5.74, 6) is 0.278. The van der Waals surface area contributed by atoms with Crippen molar-refractivity contribution >= 4 is 50.3 Å². The molecule has 4 heterocycles. The van der Waals surface area contributed by atoms with Crippen LogP contribution in [0.15, 0.2) is 66.7 Å². The van der Waals surface area contributed by atoms with Crippen LogP contribution in [0.5, 0.6) is 5.75 Å². The van der Waals surface area contributed by atoms with Crippen molar-refractivity contribution in [2.45, 2.75) is 72.3 Å². The van der Waals surface area contributed by atoms with Crippen molar-refractivity contribution in [2.24, 2.45) is 5.92 Å². The summed E-state index contributed by atoms with van der Waals surface area (Å²) >= 11 is 1.44. The Morgan fingerprint density at radius 1 is 1.02 bits per heavy atom. The first-order valence-electron chi connectivity index (χ1n) is 19.8. The Kier molecular flexibility index (Phi) is 11.9. The molecule has 1 amide bonds. The summed E-state index contributed by atoms with van der Waals surface area (Å²) in [6, 6.07) is 21.4. The molecule has 1 saturated heterocycles. The van der Waals surface area contributed by atoms with Gasteiger partial charge in [-0.25, -0.2) is 14.8 Å². The zero-order chi connectivity index (χ0) is 40.3. The van der Waals surface area contributed by atoms with Gasteiger partial charge >= 0.3 is 11.9 Å². The van der Waals surface area contributed by atoms with Crippen molar-refractivity contribution in [1.29, 1.82) is 0 Å². The van der Waals surface area contributed by atoms with E-state index >= 15 is 0 Å². The summed E-state index contributed by atoms with van der Waals surface area (Å²) in [5.41, 5.74) is 6.02. The second-order valence-electron chi connectivity index (χ2n) is 16.0. The Bertz CT molecular complexity index is 2270. The number of aromatic carboxylic acids is 1. The highest BCUT2D eigenvalue weighted by atomic mass is 32.1. The van der Waals surface area contributed by atoms with Gasteiger partial charge in [-0.05, 0) is 116 Å². The number of hydrogen-bond donors (Lipinski definition) is 2. The lowest BCUT2D eigenvalue weighted by Gasteiger charge is -2.33. The number of likely N-dealkylation sites (tertiary alicyclic amines) is 1. The normalized spacial score (nSPS) is 15.7. The zero-order valence-corrected chi connectivity index (χ0v) is 34.2. The number of hydrogen-bond acceptors (Lipinski definition) is 10. The van der Waals surface area contributed by atoms with Gasteiger partial charge in [0, 0.05) is 30.8 Å². The van der Waals surface area contributed by atoms with E-state index in [4.69, 9.17) is 14.5 Å². The molecular formula is C45H51N5O6S. The average molecular weight is 790 g/mol. The van der Waals surface area contributed by atoms with Gasteiger partial charge < -0.3 is 19.5 Å². The number of anilines is 2. The number of amides is 1. The van der Waals surface area contributed by atoms with E-state index in [-0.39, 0.29) is 17.6 Å². The number of carboxylic acids is 1. The molecule has 2 aliphatic heterocycles. The highest BCUT2D eigenvalue weighted by molar-refractivity contribution is 7.22. The summed E-state index contributed by atoms with van der Waals surface area (Å²) in [6.45, 7) is 14.1. The number of pyridine rings is 1. The van der Waals surface area contributed by atoms with Crippen molar-refractivity contribution in [2.75, 3.05) is 49.6 Å². The monoisotopic (exact) mass is 789 g/mol. The third-order valence-corrected chi connectivity index (χ3v) is 11.9. The van der Waals surface area contributed by atoms with Crippen LogP contribution < -0.4 is 15.0 Å². The van der Waals surface area contributed by atoms with E-state index in [2.05, 4.69) is 46.9 Å². The molecule has 0 bridgehead atoms. The fourth-order valence-electron chi connectivity index (χ4n) is 8.07. The van der Waals surface area contributed by atoms with Gasteiger partial charge in [0.1, 0.15) is 11.6 Å². The van der Waals surface area contributed by atoms with Gasteiger partial charge in [-0.3, -0.25) is 19.8 Å². The van der Waals surface area contributed by atoms with Crippen LogP contribution in [0.1, 0.15) is 90.1 Å². The van der Waals surface area contributed by atoms with Crippen molar-refractivity contribution in [1.82, 2.24) is 14.9 Å². The van der Waals surface area contributed by atoms with E-state index in [1.165, 1.54) is 11.3 Å². The molecule has 7 rings (SSSR count). The number of ether oxygens (including phenoxy) is 2. The number of benzene rings is 3. The first kappa shape index (κ1) is 39.9. The predicted octanol–water partition coefficient (Wildman–Crippen LogP) is 8.52. The quantitative estimate of drug-likeness (QED) is 0.0884. The number of para-hydroxylation sites is 1. The largest absolute Gasteiger partial charge is 0.493 e. The summed E-state index contributed by atoms with van der Waals surface area (Å²) in [7, 11) is 0. The molecule has 2 aliphatic rings. The van der Waals surface area contributed by atoms with Crippen LogP contribution in [0.2, 0.25) is 0 Å². The van der Waals surface area contributed by atoms with E-state index in [0.717, 1.165) is 70.4 Å². The van der Waals surface area contributed by atoms with Gasteiger partial charge in [0.05, 0.1) is 30.0 Å². The molecule has 0 radical (unpaired) electrons. The third kappa shape index (κ3) is 8.97. The Morgan fingerprint density at radius 3 is 2.60 bits per heavy atom. The van der Waals surface area contributed by atoms with Crippen LogP contribution in [-0.4, -0.2) is 77.2 Å². The first-order valence-corrected chi connectivity index (χ1v) is 20.6. The smallest absolute Gasteiger partial charge is 0.355 e. The molecule has 1 atom stereocenters. The molecule has 3 aromatic carbocycles. The first-order chi connectivity index (χ1) is 27.4. The molecule has 11 nitrogen and oxygen atoms in total. The Morgan fingerprint density at radius 2 is 1.82 bits per heavy atom. The highest BCUT2D eigenvalue weighted by Gasteiger charge is 2.31. The molecule has 0 aliphatic carbocycles. The van der Waals surface area contributed by atoms with E-state index < -0.39 is 11.4 Å². The summed E-state index contributed by atoms with van der Waals surface area (Å²) < 4.78 is 12.5. The molecule has 5 aromatic rings. The maximum atomic E-state index is 13.7. The minimum absolute atomic E-state index is 0.0149. The van der Waals surface area contributed by atoms with Gasteiger partial charge in [-0.1, -0.05) is 68.5 Å². The number of nitrogens with zero attached hydrogens (tertiary/aromatic N) is 4. The van der Waals surface area contributed by atoms with Crippen LogP contribution in [0.4, 0.5) is 10.9 Å². The fraction of sp³-hybridized carbons (Fsp3) is 0.400. The topological polar surface area (TPSA) is 134 Å². The standard InChI is InChI=1S/C45H51N5O6S/c1-6-55-39(51)27-49-21-19-29(25-49)12-11-23-56-36-17-10-14-31(28(36)2)40-34(45(3,4)5)24-38(47-41(40)43(53)54)50-22-20-30-13-9-15-32(33(30)26-50)42(52)48-44-46-35-16-7-8-18-37(35)57-44/h7-10,13-18,24,29H,6,11-12,19-23,25-27H2,1-5H3,(H,53,54)(H,46,48,52)/t29-/m1/s1. The average Bonchev–Trinajstić information content (AvgIpc) is 3.81. The summed E-state index contributed by atoms with van der Waals surface area (Å²) in [4.78, 5) is 52.5. The van der Waals surface area contributed by atoms with Gasteiger partial charge in [-0.2, -0.15) is 0 Å². The van der Waals surface area contributed by atoms with Gasteiger partial charge in [0.2, 0.25) is 0 Å². The lowest BCUT2D eigenvalue weighted by Crippen LogP contribution is -2.33. The van der Waals surface area contributed by atoms with E-state index in [0.29, 0.717) is 73.0 Å². The molecule has 0 saturated carbocycles. The van der Waals surface area contributed by atoms with Crippen LogP contribution in [-0.2, 0) is 27.9 Å². The Labute approximate surface area is 338 Å². The summed E-state index contributed by atoms with van der Waals surface area (Å²) in [6.07, 6.45) is 3.60. The number of aromatic nitrogens is 2. The fourth-order valence-corrected chi connectivity index (χ4v) is 8.93. The number of thiazole rings is 1. The molecule has 57 heavy (non-hydrogen) atoms. The number of carbonyl (C=O) groups excluding carboxylic acids is 2. The SMILES string of the molecule is CCOC(=O)CN1CC[C@@H](CCCOc2cccc(-c3c(C(C)(C)C)cc(N4CCc5cccc(C(=O)Nc6nc7ccccc7s6)c5C4)nc3C(=O)O)c2C)C1. The van der Waals surface area contributed by atoms with Crippen LogP contribution in [0.25, 0.3) is 21.3 Å². The highest BCUT2D eigenvalue weighted by Crippen LogP contribution is 2.41. The molecule has 0 unspecified atom stereocenters. The number of carboxylic acid groups (broad SMARTS) is 1. The number of rotatable bonds is 13. The Balaban J connectivity index is 1.10. The maximum Gasteiger partial charge on any atom is 0.355 e. The maximum absolute atomic E-state index is 13.7. The minimum Gasteiger partial charge on any atom is -0.493 e. The molecule has 2 N–H and O–H groups in total. The lowest BCUT2D eigenvalue weighted by molar-refractivity contribution is -0.144. The van der Waals surface area contributed by atoms with Gasteiger partial charge in [0.25, 0.3) is 5.91 Å². The van der Waals surface area contributed by atoms with E-state index in [9.17, 15) is 19.5 Å². The van der Waals surface area contributed by atoms with Crippen molar-refractivity contribution in [3.63, 3.8) is 0 Å². The third-order valence-electron chi connectivity index (χ3n) is 11.0. The number of carbonyl (C=O) groups is 3. The van der Waals surface area contributed by atoms with Gasteiger partial charge in [-0.15, -0.1) is 0 Å². The second-order valence-corrected chi connectivity index (χ2v) is 17.0. The predicted molar refractivity (Wildman–Crippen MR) is 225 cm³/mol. The molecule has 2 aromatic heterocycles. The zero-order valence-electron chi connectivity index (χ0n) is 33.4. The number of nitrogens with one attached hydrogen (secondary N) is 1. The lowest BCUT2D eigenvalue weighted by atomic mass is 9.80. The van der Waals surface area contributed by atoms with Crippen LogP contribution in [0, 0.1) is 12.8 Å². The Hall–Kier alpha value is -5.33. The molecule has 298 valence electrons. The molecular weight excluding hydrogens is 739 g/mol. The molecule has 1 fully saturated rings. The van der Waals surface area contributed by atoms with Crippen LogP contribution in [0.3, 0.4) is 0 Å². The minimum atomic E-state index is -1.11. The van der Waals surface area contributed by atoms with Gasteiger partial charge in [0.15, 0.2) is 10.8 Å². The second kappa shape index (κ2) is 17.0. The number of esters is 1. The van der Waals surface area contributed by atoms with Crippen LogP contribution >= 0.6 is 11.3 Å². The van der Waals surface area contributed by atoms with E-state index in [1.54, 1.807) is 0 Å². The van der Waals surface area contributed by atoms with Crippen molar-refractivity contribution < 1.29 is 29.0 Å².